The molecular formula is C18H24ClN5O4S. The minimum Gasteiger partial charge on any atom is -0.341 e. The van der Waals surface area contributed by atoms with Gasteiger partial charge in [-0.05, 0) is 19.3 Å². The fraction of sp³-hybridized carbons (Fsp3) is 0.667. The average Bonchev–Trinajstić information content (AvgIpc) is 3.37. The molecule has 2 amide bonds. The van der Waals surface area contributed by atoms with Crippen LogP contribution in [-0.4, -0.2) is 90.8 Å². The van der Waals surface area contributed by atoms with E-state index >= 15 is 0 Å². The van der Waals surface area contributed by atoms with Crippen molar-refractivity contribution in [3.63, 3.8) is 0 Å². The van der Waals surface area contributed by atoms with Gasteiger partial charge in [0.2, 0.25) is 11.9 Å². The molecule has 0 bridgehead atoms. The lowest BCUT2D eigenvalue weighted by molar-refractivity contribution is -0.136. The lowest BCUT2D eigenvalue weighted by Crippen LogP contribution is -2.52. The summed E-state index contributed by atoms with van der Waals surface area (Å²) in [4.78, 5) is 39.5. The first-order valence-electron chi connectivity index (χ1n) is 9.90. The molecule has 1 aromatic rings. The summed E-state index contributed by atoms with van der Waals surface area (Å²) < 4.78 is 23.3. The molecule has 0 aromatic carbocycles. The van der Waals surface area contributed by atoms with Gasteiger partial charge >= 0.3 is 0 Å². The first kappa shape index (κ1) is 20.3. The van der Waals surface area contributed by atoms with Crippen molar-refractivity contribution in [2.24, 2.45) is 5.92 Å². The van der Waals surface area contributed by atoms with Crippen molar-refractivity contribution in [2.45, 2.75) is 19.3 Å². The molecule has 0 N–H and O–H groups in total. The van der Waals surface area contributed by atoms with Crippen molar-refractivity contribution in [1.29, 1.82) is 0 Å². The van der Waals surface area contributed by atoms with Crippen molar-refractivity contribution < 1.29 is 18.0 Å². The van der Waals surface area contributed by atoms with E-state index in [0.717, 1.165) is 25.9 Å². The predicted octanol–water partition coefficient (Wildman–Crippen LogP) is 0.449. The van der Waals surface area contributed by atoms with Crippen molar-refractivity contribution in [3.05, 3.63) is 16.9 Å². The second kappa shape index (κ2) is 8.06. The van der Waals surface area contributed by atoms with Gasteiger partial charge in [0.25, 0.3) is 5.91 Å². The van der Waals surface area contributed by atoms with E-state index in [-0.39, 0.29) is 34.0 Å². The molecular weight excluding hydrogens is 418 g/mol. The van der Waals surface area contributed by atoms with Gasteiger partial charge in [-0.25, -0.2) is 18.4 Å². The molecule has 0 radical (unpaired) electrons. The SMILES string of the molecule is O=C(c1nc(N2CCCC2)ncc1Cl)N1CCN(C(=O)C2CCS(=O)(=O)C2)CC1. The largest absolute Gasteiger partial charge is 0.341 e. The normalized spacial score (nSPS) is 24.2. The van der Waals surface area contributed by atoms with Crippen LogP contribution in [0.1, 0.15) is 29.8 Å². The second-order valence-corrected chi connectivity index (χ2v) is 10.4. The third kappa shape index (κ3) is 4.32. The highest BCUT2D eigenvalue weighted by molar-refractivity contribution is 7.91. The number of nitrogens with zero attached hydrogens (tertiary/aromatic N) is 5. The molecule has 0 saturated carbocycles. The van der Waals surface area contributed by atoms with Crippen LogP contribution < -0.4 is 4.90 Å². The maximum Gasteiger partial charge on any atom is 0.274 e. The van der Waals surface area contributed by atoms with E-state index in [9.17, 15) is 18.0 Å². The Bertz CT molecular complexity index is 911. The van der Waals surface area contributed by atoms with Crippen LogP contribution in [0.2, 0.25) is 5.02 Å². The van der Waals surface area contributed by atoms with Crippen LogP contribution in [0.5, 0.6) is 0 Å². The number of hydrogen-bond acceptors (Lipinski definition) is 7. The monoisotopic (exact) mass is 441 g/mol. The first-order chi connectivity index (χ1) is 13.8. The maximum atomic E-state index is 13.0. The van der Waals surface area contributed by atoms with Crippen LogP contribution >= 0.6 is 11.6 Å². The van der Waals surface area contributed by atoms with Gasteiger partial charge in [-0.1, -0.05) is 11.6 Å². The molecule has 158 valence electrons. The van der Waals surface area contributed by atoms with Gasteiger partial charge in [-0.3, -0.25) is 9.59 Å². The standard InChI is InChI=1S/C18H24ClN5O4S/c19-14-11-20-18(24-4-1-2-5-24)21-15(14)17(26)23-8-6-22(7-9-23)16(25)13-3-10-29(27,28)12-13/h11,13H,1-10,12H2. The molecule has 3 aliphatic rings. The Morgan fingerprint density at radius 2 is 1.69 bits per heavy atom. The van der Waals surface area contributed by atoms with Gasteiger partial charge in [-0.2, -0.15) is 0 Å². The van der Waals surface area contributed by atoms with Gasteiger partial charge in [0.05, 0.1) is 28.6 Å². The highest BCUT2D eigenvalue weighted by Gasteiger charge is 2.37. The highest BCUT2D eigenvalue weighted by Crippen LogP contribution is 2.23. The van der Waals surface area contributed by atoms with Crippen LogP contribution in [0.3, 0.4) is 0 Å². The topological polar surface area (TPSA) is 104 Å². The van der Waals surface area contributed by atoms with E-state index < -0.39 is 15.8 Å². The van der Waals surface area contributed by atoms with Gasteiger partial charge in [0, 0.05) is 39.3 Å². The van der Waals surface area contributed by atoms with Crippen LogP contribution in [0.15, 0.2) is 6.20 Å². The van der Waals surface area contributed by atoms with E-state index in [0.29, 0.717) is 38.5 Å². The van der Waals surface area contributed by atoms with Crippen molar-refractivity contribution in [3.8, 4) is 0 Å². The summed E-state index contributed by atoms with van der Waals surface area (Å²) in [5, 5.41) is 0.215. The molecule has 3 fully saturated rings. The van der Waals surface area contributed by atoms with E-state index in [2.05, 4.69) is 9.97 Å². The fourth-order valence-corrected chi connectivity index (χ4v) is 6.01. The van der Waals surface area contributed by atoms with Crippen molar-refractivity contribution >= 4 is 39.2 Å². The molecule has 11 heteroatoms. The molecule has 3 saturated heterocycles. The summed E-state index contributed by atoms with van der Waals surface area (Å²) in [7, 11) is -3.10. The number of carbonyl (C=O) groups is 2. The minimum atomic E-state index is -3.10. The number of aromatic nitrogens is 2. The van der Waals surface area contributed by atoms with Crippen LogP contribution in [-0.2, 0) is 14.6 Å². The van der Waals surface area contributed by atoms with Gasteiger partial charge in [0.1, 0.15) is 0 Å². The Morgan fingerprint density at radius 1 is 1.03 bits per heavy atom. The van der Waals surface area contributed by atoms with E-state index in [1.54, 1.807) is 9.80 Å². The zero-order valence-corrected chi connectivity index (χ0v) is 17.7. The summed E-state index contributed by atoms with van der Waals surface area (Å²) in [5.74, 6) is -0.329. The summed E-state index contributed by atoms with van der Waals surface area (Å²) in [6.45, 7) is 3.22. The quantitative estimate of drug-likeness (QED) is 0.670. The molecule has 0 aliphatic carbocycles. The van der Waals surface area contributed by atoms with Gasteiger partial charge in [-0.15, -0.1) is 0 Å². The Hall–Kier alpha value is -1.94. The summed E-state index contributed by atoms with van der Waals surface area (Å²) in [6, 6.07) is 0. The van der Waals surface area contributed by atoms with Crippen LogP contribution in [0, 0.1) is 5.92 Å². The molecule has 29 heavy (non-hydrogen) atoms. The summed E-state index contributed by atoms with van der Waals surface area (Å²) in [5.41, 5.74) is 0.185. The van der Waals surface area contributed by atoms with Crippen molar-refractivity contribution in [1.82, 2.24) is 19.8 Å². The molecule has 4 rings (SSSR count). The van der Waals surface area contributed by atoms with E-state index in [4.69, 9.17) is 11.6 Å². The molecule has 1 atom stereocenters. The van der Waals surface area contributed by atoms with Crippen LogP contribution in [0.25, 0.3) is 0 Å². The molecule has 4 heterocycles. The molecule has 9 nitrogen and oxygen atoms in total. The molecule has 1 aromatic heterocycles. The number of hydrogen-bond donors (Lipinski definition) is 0. The van der Waals surface area contributed by atoms with E-state index in [1.807, 2.05) is 4.90 Å². The summed E-state index contributed by atoms with van der Waals surface area (Å²) >= 11 is 6.20. The third-order valence-corrected chi connectivity index (χ3v) is 7.83. The Labute approximate surface area is 174 Å². The number of anilines is 1. The molecule has 1 unspecified atom stereocenters. The number of carbonyl (C=O) groups excluding carboxylic acids is 2. The number of rotatable bonds is 3. The lowest BCUT2D eigenvalue weighted by atomic mass is 10.1. The number of sulfone groups is 1. The second-order valence-electron chi connectivity index (χ2n) is 7.78. The third-order valence-electron chi connectivity index (χ3n) is 5.78. The minimum absolute atomic E-state index is 0.0687. The van der Waals surface area contributed by atoms with Gasteiger partial charge in [0.15, 0.2) is 15.5 Å². The zero-order chi connectivity index (χ0) is 20.6. The summed E-state index contributed by atoms with van der Waals surface area (Å²) in [6.07, 6.45) is 4.01. The number of piperazine rings is 1. The van der Waals surface area contributed by atoms with Crippen molar-refractivity contribution in [2.75, 3.05) is 55.7 Å². The smallest absolute Gasteiger partial charge is 0.274 e. The fourth-order valence-electron chi connectivity index (χ4n) is 4.10. The Balaban J connectivity index is 1.39. The molecule has 3 aliphatic heterocycles. The molecule has 0 spiro atoms. The Kier molecular flexibility index (Phi) is 5.65. The lowest BCUT2D eigenvalue weighted by Gasteiger charge is -2.35. The highest BCUT2D eigenvalue weighted by atomic mass is 35.5. The Morgan fingerprint density at radius 3 is 2.31 bits per heavy atom. The number of halogens is 1. The first-order valence-corrected chi connectivity index (χ1v) is 12.1. The maximum absolute atomic E-state index is 13.0. The zero-order valence-electron chi connectivity index (χ0n) is 16.1. The number of amides is 2. The van der Waals surface area contributed by atoms with Crippen LogP contribution in [0.4, 0.5) is 5.95 Å². The predicted molar refractivity (Wildman–Crippen MR) is 108 cm³/mol. The van der Waals surface area contributed by atoms with E-state index in [1.165, 1.54) is 6.20 Å². The average molecular weight is 442 g/mol. The van der Waals surface area contributed by atoms with Gasteiger partial charge < -0.3 is 14.7 Å².